The van der Waals surface area contributed by atoms with Gasteiger partial charge >= 0.3 is 0 Å². The molecule has 2 heterocycles. The predicted octanol–water partition coefficient (Wildman–Crippen LogP) is 3.66. The van der Waals surface area contributed by atoms with Crippen LogP contribution in [0.2, 0.25) is 0 Å². The molecule has 0 aliphatic heterocycles. The smallest absolute Gasteiger partial charge is 0.287 e. The molecule has 0 aliphatic carbocycles. The highest BCUT2D eigenvalue weighted by molar-refractivity contribution is 5.92. The number of aromatic nitrogens is 2. The lowest BCUT2D eigenvalue weighted by molar-refractivity contribution is 0.0918. The van der Waals surface area contributed by atoms with Crippen molar-refractivity contribution < 1.29 is 13.9 Å². The summed E-state index contributed by atoms with van der Waals surface area (Å²) in [5, 5.41) is 2.82. The highest BCUT2D eigenvalue weighted by Crippen LogP contribution is 2.16. The van der Waals surface area contributed by atoms with Gasteiger partial charge in [-0.3, -0.25) is 4.79 Å². The van der Waals surface area contributed by atoms with Crippen LogP contribution in [0.3, 0.4) is 0 Å². The first-order valence-electron chi connectivity index (χ1n) is 8.25. The average Bonchev–Trinajstić information content (AvgIpc) is 3.31. The van der Waals surface area contributed by atoms with E-state index in [0.29, 0.717) is 11.4 Å². The van der Waals surface area contributed by atoms with Gasteiger partial charge in [-0.2, -0.15) is 0 Å². The lowest BCUT2D eigenvalue weighted by Gasteiger charge is -2.06. The molecule has 0 saturated heterocycles. The molecule has 2 N–H and O–H groups in total. The number of hydrogen-bond acceptors (Lipinski definition) is 4. The van der Waals surface area contributed by atoms with Crippen molar-refractivity contribution in [2.45, 2.75) is 13.2 Å². The molecule has 0 saturated carbocycles. The van der Waals surface area contributed by atoms with Crippen LogP contribution < -0.4 is 10.1 Å². The highest BCUT2D eigenvalue weighted by atomic mass is 16.5. The van der Waals surface area contributed by atoms with Crippen LogP contribution in [0.25, 0.3) is 11.0 Å². The Morgan fingerprint density at radius 1 is 1.08 bits per heavy atom. The lowest BCUT2D eigenvalue weighted by Crippen LogP contribution is -2.24. The average molecular weight is 347 g/mol. The molecule has 4 rings (SSSR count). The number of fused-ring (bicyclic) bond motifs is 1. The molecule has 0 spiro atoms. The van der Waals surface area contributed by atoms with Crippen molar-refractivity contribution in [3.63, 3.8) is 0 Å². The van der Waals surface area contributed by atoms with Crippen molar-refractivity contribution in [3.8, 4) is 5.75 Å². The van der Waals surface area contributed by atoms with Crippen LogP contribution in [-0.2, 0) is 13.2 Å². The molecule has 4 aromatic rings. The monoisotopic (exact) mass is 347 g/mol. The maximum atomic E-state index is 12.4. The number of rotatable bonds is 6. The molecule has 0 bridgehead atoms. The Balaban J connectivity index is 1.39. The zero-order chi connectivity index (χ0) is 17.8. The molecule has 0 radical (unpaired) electrons. The number of nitrogens with one attached hydrogen (secondary N) is 2. The zero-order valence-corrected chi connectivity index (χ0v) is 13.9. The summed E-state index contributed by atoms with van der Waals surface area (Å²) in [6.45, 7) is 0.543. The first-order chi connectivity index (χ1) is 12.8. The summed E-state index contributed by atoms with van der Waals surface area (Å²) in [5.74, 6) is 1.37. The number of H-pyrrole nitrogens is 1. The summed E-state index contributed by atoms with van der Waals surface area (Å²) in [6, 6.07) is 18.9. The number of carbonyl (C=O) groups is 1. The first-order valence-corrected chi connectivity index (χ1v) is 8.25. The van der Waals surface area contributed by atoms with E-state index in [1.165, 1.54) is 6.26 Å². The van der Waals surface area contributed by atoms with Crippen LogP contribution >= 0.6 is 0 Å². The molecule has 0 unspecified atom stereocenters. The zero-order valence-electron chi connectivity index (χ0n) is 13.9. The number of aromatic amines is 1. The minimum absolute atomic E-state index is 0.247. The van der Waals surface area contributed by atoms with Crippen molar-refractivity contribution >= 4 is 16.9 Å². The van der Waals surface area contributed by atoms with Gasteiger partial charge in [-0.05, 0) is 30.3 Å². The number of nitrogens with zero attached hydrogens (tertiary/aromatic N) is 1. The van der Waals surface area contributed by atoms with E-state index in [9.17, 15) is 4.79 Å². The van der Waals surface area contributed by atoms with E-state index < -0.39 is 0 Å². The minimum Gasteiger partial charge on any atom is -0.489 e. The van der Waals surface area contributed by atoms with Gasteiger partial charge in [0.05, 0.1) is 23.8 Å². The summed E-state index contributed by atoms with van der Waals surface area (Å²) in [5.41, 5.74) is 2.49. The standard InChI is InChI=1S/C20H17N3O3/c24-20(21-12-18-22-16-8-4-5-9-17(16)23-18)19-14(10-11-25-19)13-26-15-6-2-1-3-7-15/h1-11H,12-13H2,(H,21,24)(H,22,23). The second-order valence-electron chi connectivity index (χ2n) is 5.76. The fraction of sp³-hybridized carbons (Fsp3) is 0.100. The van der Waals surface area contributed by atoms with E-state index in [2.05, 4.69) is 15.3 Å². The Hall–Kier alpha value is -3.54. The van der Waals surface area contributed by atoms with Crippen molar-refractivity contribution in [2.75, 3.05) is 0 Å². The normalized spacial score (nSPS) is 10.8. The van der Waals surface area contributed by atoms with Crippen molar-refractivity contribution in [3.05, 3.63) is 84.1 Å². The second kappa shape index (κ2) is 7.14. The van der Waals surface area contributed by atoms with E-state index in [1.54, 1.807) is 6.07 Å². The third-order valence-corrected chi connectivity index (χ3v) is 3.95. The van der Waals surface area contributed by atoms with Crippen LogP contribution in [0.15, 0.2) is 71.3 Å². The fourth-order valence-electron chi connectivity index (χ4n) is 2.66. The van der Waals surface area contributed by atoms with Crippen LogP contribution in [0.5, 0.6) is 5.75 Å². The Labute approximate surface area is 149 Å². The molecule has 1 amide bonds. The summed E-state index contributed by atoms with van der Waals surface area (Å²) >= 11 is 0. The predicted molar refractivity (Wildman–Crippen MR) is 96.7 cm³/mol. The minimum atomic E-state index is -0.304. The third kappa shape index (κ3) is 3.44. The molecule has 6 nitrogen and oxygen atoms in total. The quantitative estimate of drug-likeness (QED) is 0.558. The van der Waals surface area contributed by atoms with E-state index in [0.717, 1.165) is 16.8 Å². The van der Waals surface area contributed by atoms with E-state index in [1.807, 2.05) is 54.6 Å². The van der Waals surface area contributed by atoms with E-state index in [-0.39, 0.29) is 24.8 Å². The SMILES string of the molecule is O=C(NCc1nc2ccccc2[nH]1)c1occc1COc1ccccc1. The summed E-state index contributed by atoms with van der Waals surface area (Å²) in [6.07, 6.45) is 1.49. The van der Waals surface area contributed by atoms with Gasteiger partial charge < -0.3 is 19.5 Å². The molecule has 26 heavy (non-hydrogen) atoms. The largest absolute Gasteiger partial charge is 0.489 e. The third-order valence-electron chi connectivity index (χ3n) is 3.95. The number of amides is 1. The molecular formula is C20H17N3O3. The van der Waals surface area contributed by atoms with Crippen LogP contribution in [0.4, 0.5) is 0 Å². The van der Waals surface area contributed by atoms with Gasteiger partial charge in [0.1, 0.15) is 18.2 Å². The van der Waals surface area contributed by atoms with E-state index >= 15 is 0 Å². The molecule has 2 aromatic carbocycles. The Morgan fingerprint density at radius 3 is 2.73 bits per heavy atom. The Morgan fingerprint density at radius 2 is 1.88 bits per heavy atom. The van der Waals surface area contributed by atoms with Crippen molar-refractivity contribution in [2.24, 2.45) is 0 Å². The second-order valence-corrected chi connectivity index (χ2v) is 5.76. The van der Waals surface area contributed by atoms with Gasteiger partial charge in [0.2, 0.25) is 0 Å². The maximum absolute atomic E-state index is 12.4. The molecule has 0 aliphatic rings. The number of hydrogen-bond donors (Lipinski definition) is 2. The Bertz CT molecular complexity index is 988. The van der Waals surface area contributed by atoms with Crippen LogP contribution in [-0.4, -0.2) is 15.9 Å². The topological polar surface area (TPSA) is 80.2 Å². The number of ether oxygens (including phenoxy) is 1. The number of para-hydroxylation sites is 3. The summed E-state index contributed by atoms with van der Waals surface area (Å²) in [7, 11) is 0. The summed E-state index contributed by atoms with van der Waals surface area (Å²) < 4.78 is 11.0. The van der Waals surface area contributed by atoms with Crippen LogP contribution in [0, 0.1) is 0 Å². The molecular weight excluding hydrogens is 330 g/mol. The molecule has 0 atom stereocenters. The van der Waals surface area contributed by atoms with Gasteiger partial charge in [0.15, 0.2) is 5.76 Å². The number of benzene rings is 2. The molecule has 130 valence electrons. The molecule has 0 fully saturated rings. The first kappa shape index (κ1) is 16.0. The van der Waals surface area contributed by atoms with Crippen molar-refractivity contribution in [1.82, 2.24) is 15.3 Å². The summed E-state index contributed by atoms with van der Waals surface area (Å²) in [4.78, 5) is 20.0. The Kier molecular flexibility index (Phi) is 4.38. The van der Waals surface area contributed by atoms with Crippen molar-refractivity contribution in [1.29, 1.82) is 0 Å². The van der Waals surface area contributed by atoms with Gasteiger partial charge in [0, 0.05) is 5.56 Å². The number of furan rings is 1. The van der Waals surface area contributed by atoms with Gasteiger partial charge in [-0.1, -0.05) is 30.3 Å². The van der Waals surface area contributed by atoms with Gasteiger partial charge in [-0.15, -0.1) is 0 Å². The number of imidazole rings is 1. The van der Waals surface area contributed by atoms with E-state index in [4.69, 9.17) is 9.15 Å². The maximum Gasteiger partial charge on any atom is 0.287 e. The highest BCUT2D eigenvalue weighted by Gasteiger charge is 2.16. The fourth-order valence-corrected chi connectivity index (χ4v) is 2.66. The van der Waals surface area contributed by atoms with Gasteiger partial charge in [-0.25, -0.2) is 4.98 Å². The van der Waals surface area contributed by atoms with Crippen LogP contribution in [0.1, 0.15) is 21.9 Å². The lowest BCUT2D eigenvalue weighted by atomic mass is 10.2. The van der Waals surface area contributed by atoms with Gasteiger partial charge in [0.25, 0.3) is 5.91 Å². The number of carbonyl (C=O) groups excluding carboxylic acids is 1. The molecule has 2 aromatic heterocycles. The molecule has 6 heteroatoms.